The number of hydrogen-bond acceptors (Lipinski definition) is 7. The Hall–Kier alpha value is -2.84. The number of carbonyl (C=O) groups is 1. The van der Waals surface area contributed by atoms with Crippen molar-refractivity contribution in [1.82, 2.24) is 10.3 Å². The van der Waals surface area contributed by atoms with Gasteiger partial charge in [0.05, 0.1) is 5.56 Å². The maximum Gasteiger partial charge on any atom is 0.252 e. The van der Waals surface area contributed by atoms with Gasteiger partial charge in [0.25, 0.3) is 5.91 Å². The Kier molecular flexibility index (Phi) is 5.82. The molecule has 2 fully saturated rings. The molecule has 1 amide bonds. The predicted octanol–water partition coefficient (Wildman–Crippen LogP) is 1.26. The minimum absolute atomic E-state index is 0.148. The quantitative estimate of drug-likeness (QED) is 0.603. The van der Waals surface area contributed by atoms with Crippen LogP contribution in [0.4, 0.5) is 23.0 Å². The van der Waals surface area contributed by atoms with E-state index < -0.39 is 5.91 Å². The van der Waals surface area contributed by atoms with Gasteiger partial charge in [-0.05, 0) is 49.2 Å². The number of pyridine rings is 1. The van der Waals surface area contributed by atoms with E-state index in [4.69, 9.17) is 16.5 Å². The molecule has 1 atom stereocenters. The van der Waals surface area contributed by atoms with Crippen LogP contribution in [-0.4, -0.2) is 56.2 Å². The van der Waals surface area contributed by atoms with Crippen LogP contribution >= 0.6 is 0 Å². The van der Waals surface area contributed by atoms with Gasteiger partial charge in [0.15, 0.2) is 0 Å². The van der Waals surface area contributed by atoms with Gasteiger partial charge in [-0.2, -0.15) is 0 Å². The molecule has 3 heterocycles. The molecular weight excluding hydrogens is 366 g/mol. The molecule has 0 aliphatic carbocycles. The van der Waals surface area contributed by atoms with Crippen LogP contribution in [0.1, 0.15) is 23.2 Å². The van der Waals surface area contributed by atoms with Crippen molar-refractivity contribution >= 4 is 28.9 Å². The normalized spacial score (nSPS) is 19.8. The number of benzene rings is 1. The minimum atomic E-state index is -0.501. The van der Waals surface area contributed by atoms with E-state index in [0.717, 1.165) is 63.6 Å². The molecule has 2 aromatic rings. The van der Waals surface area contributed by atoms with E-state index in [2.05, 4.69) is 32.6 Å². The largest absolute Gasteiger partial charge is 0.369 e. The maximum absolute atomic E-state index is 11.9. The Bertz CT molecular complexity index is 849. The van der Waals surface area contributed by atoms with E-state index in [1.807, 2.05) is 18.2 Å². The summed E-state index contributed by atoms with van der Waals surface area (Å²) in [6.45, 7) is 5.68. The van der Waals surface area contributed by atoms with Gasteiger partial charge in [-0.25, -0.2) is 4.98 Å². The van der Waals surface area contributed by atoms with Gasteiger partial charge in [-0.15, -0.1) is 0 Å². The molecule has 6 N–H and O–H groups in total. The summed E-state index contributed by atoms with van der Waals surface area (Å²) in [4.78, 5) is 21.1. The Morgan fingerprint density at radius 2 is 1.83 bits per heavy atom. The van der Waals surface area contributed by atoms with Crippen molar-refractivity contribution in [3.63, 3.8) is 0 Å². The van der Waals surface area contributed by atoms with Gasteiger partial charge in [0.1, 0.15) is 11.6 Å². The SMILES string of the molecule is NC(=O)c1ccc(N2CCC[C@@H](N)C2)nc1Nc1ccc(N2CCNCC2)cc1. The van der Waals surface area contributed by atoms with Gasteiger partial charge in [-0.1, -0.05) is 0 Å². The molecule has 4 rings (SSSR count). The highest BCUT2D eigenvalue weighted by Gasteiger charge is 2.20. The number of carbonyl (C=O) groups excluding carboxylic acids is 1. The number of nitrogens with zero attached hydrogens (tertiary/aromatic N) is 3. The number of anilines is 4. The summed E-state index contributed by atoms with van der Waals surface area (Å²) in [6, 6.07) is 11.9. The Labute approximate surface area is 171 Å². The zero-order valence-electron chi connectivity index (χ0n) is 16.6. The van der Waals surface area contributed by atoms with Gasteiger partial charge >= 0.3 is 0 Å². The van der Waals surface area contributed by atoms with Gasteiger partial charge in [0.2, 0.25) is 0 Å². The number of rotatable bonds is 5. The molecular formula is C21H29N7O. The van der Waals surface area contributed by atoms with Crippen molar-refractivity contribution in [1.29, 1.82) is 0 Å². The average Bonchev–Trinajstić information content (AvgIpc) is 2.75. The van der Waals surface area contributed by atoms with Crippen LogP contribution in [0.25, 0.3) is 0 Å². The summed E-state index contributed by atoms with van der Waals surface area (Å²) < 4.78 is 0. The van der Waals surface area contributed by atoms with Crippen molar-refractivity contribution in [2.75, 3.05) is 54.4 Å². The van der Waals surface area contributed by atoms with Crippen LogP contribution in [-0.2, 0) is 0 Å². The zero-order valence-corrected chi connectivity index (χ0v) is 16.6. The predicted molar refractivity (Wildman–Crippen MR) is 117 cm³/mol. The van der Waals surface area contributed by atoms with Gasteiger partial charge < -0.3 is 31.9 Å². The molecule has 0 radical (unpaired) electrons. The summed E-state index contributed by atoms with van der Waals surface area (Å²) >= 11 is 0. The van der Waals surface area contributed by atoms with E-state index in [1.165, 1.54) is 5.69 Å². The first-order chi connectivity index (χ1) is 14.1. The van der Waals surface area contributed by atoms with E-state index in [-0.39, 0.29) is 6.04 Å². The molecule has 2 aliphatic heterocycles. The highest BCUT2D eigenvalue weighted by atomic mass is 16.1. The van der Waals surface area contributed by atoms with E-state index in [0.29, 0.717) is 11.4 Å². The lowest BCUT2D eigenvalue weighted by atomic mass is 10.1. The molecule has 0 saturated carbocycles. The van der Waals surface area contributed by atoms with Crippen LogP contribution in [0.5, 0.6) is 0 Å². The Morgan fingerprint density at radius 1 is 1.07 bits per heavy atom. The third kappa shape index (κ3) is 4.60. The van der Waals surface area contributed by atoms with Gasteiger partial charge in [-0.3, -0.25) is 4.79 Å². The molecule has 1 aromatic carbocycles. The maximum atomic E-state index is 11.9. The summed E-state index contributed by atoms with van der Waals surface area (Å²) in [5.41, 5.74) is 14.1. The van der Waals surface area contributed by atoms with Crippen molar-refractivity contribution in [3.8, 4) is 0 Å². The number of nitrogens with one attached hydrogen (secondary N) is 2. The molecule has 0 bridgehead atoms. The third-order valence-electron chi connectivity index (χ3n) is 5.54. The minimum Gasteiger partial charge on any atom is -0.369 e. The molecule has 2 aliphatic rings. The average molecular weight is 396 g/mol. The molecule has 2 saturated heterocycles. The first kappa shape index (κ1) is 19.5. The molecule has 8 nitrogen and oxygen atoms in total. The van der Waals surface area contributed by atoms with E-state index in [9.17, 15) is 4.79 Å². The molecule has 154 valence electrons. The van der Waals surface area contributed by atoms with Crippen LogP contribution in [0.3, 0.4) is 0 Å². The smallest absolute Gasteiger partial charge is 0.252 e. The number of aromatic nitrogens is 1. The Balaban J connectivity index is 1.54. The first-order valence-electron chi connectivity index (χ1n) is 10.2. The van der Waals surface area contributed by atoms with Gasteiger partial charge in [0, 0.05) is 56.7 Å². The number of amides is 1. The topological polar surface area (TPSA) is 113 Å². The first-order valence-corrected chi connectivity index (χ1v) is 10.2. The summed E-state index contributed by atoms with van der Waals surface area (Å²) in [7, 11) is 0. The molecule has 0 spiro atoms. The van der Waals surface area contributed by atoms with E-state index >= 15 is 0 Å². The second-order valence-electron chi connectivity index (χ2n) is 7.69. The van der Waals surface area contributed by atoms with Crippen molar-refractivity contribution in [3.05, 3.63) is 42.0 Å². The monoisotopic (exact) mass is 395 g/mol. The summed E-state index contributed by atoms with van der Waals surface area (Å²) in [6.07, 6.45) is 2.07. The van der Waals surface area contributed by atoms with Crippen LogP contribution in [0, 0.1) is 0 Å². The Morgan fingerprint density at radius 3 is 2.52 bits per heavy atom. The number of piperazine rings is 1. The number of piperidine rings is 1. The lowest BCUT2D eigenvalue weighted by Gasteiger charge is -2.32. The fraction of sp³-hybridized carbons (Fsp3) is 0.429. The zero-order chi connectivity index (χ0) is 20.2. The van der Waals surface area contributed by atoms with Crippen LogP contribution < -0.4 is 31.9 Å². The summed E-state index contributed by atoms with van der Waals surface area (Å²) in [5, 5.41) is 6.64. The fourth-order valence-electron chi connectivity index (χ4n) is 3.95. The van der Waals surface area contributed by atoms with Crippen molar-refractivity contribution < 1.29 is 4.79 Å². The lowest BCUT2D eigenvalue weighted by Crippen LogP contribution is -2.43. The molecule has 8 heteroatoms. The second kappa shape index (κ2) is 8.67. The van der Waals surface area contributed by atoms with E-state index in [1.54, 1.807) is 6.07 Å². The number of primary amides is 1. The standard InChI is InChI=1S/C21H29N7O/c22-15-2-1-11-28(14-15)19-8-7-18(20(23)29)21(26-19)25-16-3-5-17(6-4-16)27-12-9-24-10-13-27/h3-8,15,24H,1-2,9-14,22H2,(H2,23,29)(H,25,26)/t15-/m1/s1. The number of hydrogen-bond donors (Lipinski definition) is 4. The highest BCUT2D eigenvalue weighted by molar-refractivity contribution is 5.98. The summed E-state index contributed by atoms with van der Waals surface area (Å²) in [5.74, 6) is 0.786. The molecule has 1 aromatic heterocycles. The van der Waals surface area contributed by atoms with Crippen LogP contribution in [0.15, 0.2) is 36.4 Å². The lowest BCUT2D eigenvalue weighted by molar-refractivity contribution is 0.100. The van der Waals surface area contributed by atoms with Crippen molar-refractivity contribution in [2.24, 2.45) is 11.5 Å². The number of nitrogens with two attached hydrogens (primary N) is 2. The third-order valence-corrected chi connectivity index (χ3v) is 5.54. The molecule has 0 unspecified atom stereocenters. The molecule has 29 heavy (non-hydrogen) atoms. The second-order valence-corrected chi connectivity index (χ2v) is 7.69. The van der Waals surface area contributed by atoms with Crippen LogP contribution in [0.2, 0.25) is 0 Å². The highest BCUT2D eigenvalue weighted by Crippen LogP contribution is 2.26. The van der Waals surface area contributed by atoms with Crippen molar-refractivity contribution in [2.45, 2.75) is 18.9 Å². The fourth-order valence-corrected chi connectivity index (χ4v) is 3.95.